The molecule has 0 atom stereocenters. The van der Waals surface area contributed by atoms with Gasteiger partial charge in [0.15, 0.2) is 0 Å². The highest BCUT2D eigenvalue weighted by atomic mass is 15.0. The minimum Gasteiger partial charge on any atom is -0.309 e. The van der Waals surface area contributed by atoms with Crippen molar-refractivity contribution in [3.8, 4) is 51.8 Å². The first-order chi connectivity index (χ1) is 24.7. The van der Waals surface area contributed by atoms with Crippen molar-refractivity contribution in [1.29, 1.82) is 15.8 Å². The number of hydrogen-bond donors (Lipinski definition) is 0. The molecule has 9 rings (SSSR count). The number of fused-ring (bicyclic) bond motifs is 6. The summed E-state index contributed by atoms with van der Waals surface area (Å²) >= 11 is 0. The summed E-state index contributed by atoms with van der Waals surface area (Å²) in [6, 6.07) is 57.8. The largest absolute Gasteiger partial charge is 0.309 e. The van der Waals surface area contributed by atoms with E-state index in [1.54, 1.807) is 0 Å². The number of benzene rings is 7. The Kier molecular flexibility index (Phi) is 6.56. The number of nitriles is 3. The number of aromatic nitrogens is 2. The van der Waals surface area contributed by atoms with Crippen LogP contribution < -0.4 is 0 Å². The molecule has 0 spiro atoms. The topological polar surface area (TPSA) is 81.2 Å². The van der Waals surface area contributed by atoms with Crippen molar-refractivity contribution in [2.75, 3.05) is 0 Å². The lowest BCUT2D eigenvalue weighted by Gasteiger charge is -2.18. The molecule has 0 radical (unpaired) electrons. The van der Waals surface area contributed by atoms with Crippen molar-refractivity contribution in [2.24, 2.45) is 0 Å². The third kappa shape index (κ3) is 4.24. The third-order valence-corrected chi connectivity index (χ3v) is 9.65. The molecule has 0 aliphatic carbocycles. The highest BCUT2D eigenvalue weighted by molar-refractivity contribution is 6.12. The van der Waals surface area contributed by atoms with Gasteiger partial charge in [-0.3, -0.25) is 0 Å². The van der Waals surface area contributed by atoms with E-state index in [1.807, 2.05) is 78.9 Å². The molecule has 230 valence electrons. The first kappa shape index (κ1) is 28.8. The zero-order valence-electron chi connectivity index (χ0n) is 26.7. The van der Waals surface area contributed by atoms with Crippen molar-refractivity contribution in [1.82, 2.24) is 9.13 Å². The Morgan fingerprint density at radius 3 is 1.82 bits per heavy atom. The van der Waals surface area contributed by atoms with E-state index >= 15 is 0 Å². The van der Waals surface area contributed by atoms with Crippen LogP contribution in [0.1, 0.15) is 16.7 Å². The fourth-order valence-corrected chi connectivity index (χ4v) is 7.55. The monoisotopic (exact) mass is 635 g/mol. The standard InChI is InChI=1S/C45H25N5/c46-26-29-19-24-42-38(25-29)35-12-2-5-16-40(35)50(42)39-15-4-1-11-34(39)36-14-7-9-31(27-47)44(36)30-20-22-33(23-21-30)49-41-17-6-3-13-37(41)45-32(28-48)10-8-18-43(45)49/h1-25H. The second-order valence-electron chi connectivity index (χ2n) is 12.3. The molecule has 0 aliphatic rings. The van der Waals surface area contributed by atoms with Crippen LogP contribution in [0.2, 0.25) is 0 Å². The number of para-hydroxylation sites is 3. The second-order valence-corrected chi connectivity index (χ2v) is 12.3. The van der Waals surface area contributed by atoms with Crippen LogP contribution in [-0.4, -0.2) is 9.13 Å². The lowest BCUT2D eigenvalue weighted by atomic mass is 9.90. The number of nitrogens with zero attached hydrogens (tertiary/aromatic N) is 5. The molecule has 0 bridgehead atoms. The van der Waals surface area contributed by atoms with E-state index in [2.05, 4.69) is 100 Å². The molecule has 0 unspecified atom stereocenters. The van der Waals surface area contributed by atoms with Crippen LogP contribution in [0.4, 0.5) is 0 Å². The van der Waals surface area contributed by atoms with Crippen molar-refractivity contribution in [3.63, 3.8) is 0 Å². The normalized spacial score (nSPS) is 11.1. The minimum absolute atomic E-state index is 0.585. The zero-order valence-corrected chi connectivity index (χ0v) is 26.7. The quantitative estimate of drug-likeness (QED) is 0.193. The Bertz CT molecular complexity index is 2960. The fraction of sp³-hybridized carbons (Fsp3) is 0. The lowest BCUT2D eigenvalue weighted by molar-refractivity contribution is 1.18. The van der Waals surface area contributed by atoms with Crippen molar-refractivity contribution in [3.05, 3.63) is 168 Å². The first-order valence-electron chi connectivity index (χ1n) is 16.3. The average molecular weight is 636 g/mol. The fourth-order valence-electron chi connectivity index (χ4n) is 7.55. The maximum Gasteiger partial charge on any atom is 0.0998 e. The van der Waals surface area contributed by atoms with E-state index in [-0.39, 0.29) is 0 Å². The van der Waals surface area contributed by atoms with Crippen LogP contribution in [0.15, 0.2) is 152 Å². The zero-order chi connectivity index (χ0) is 33.8. The Morgan fingerprint density at radius 1 is 0.420 bits per heavy atom. The summed E-state index contributed by atoms with van der Waals surface area (Å²) < 4.78 is 4.45. The molecule has 2 aromatic heterocycles. The summed E-state index contributed by atoms with van der Waals surface area (Å²) in [6.45, 7) is 0. The highest BCUT2D eigenvalue weighted by Gasteiger charge is 2.20. The Balaban J connectivity index is 1.25. The summed E-state index contributed by atoms with van der Waals surface area (Å²) in [5.41, 5.74) is 11.6. The van der Waals surface area contributed by atoms with Gasteiger partial charge in [0, 0.05) is 38.4 Å². The maximum atomic E-state index is 10.4. The van der Waals surface area contributed by atoms with Gasteiger partial charge >= 0.3 is 0 Å². The molecule has 0 amide bonds. The van der Waals surface area contributed by atoms with Gasteiger partial charge in [0.25, 0.3) is 0 Å². The molecule has 0 aliphatic heterocycles. The van der Waals surface area contributed by atoms with Gasteiger partial charge in [-0.05, 0) is 77.9 Å². The first-order valence-corrected chi connectivity index (χ1v) is 16.3. The van der Waals surface area contributed by atoms with Gasteiger partial charge in [0.1, 0.15) is 0 Å². The molecule has 50 heavy (non-hydrogen) atoms. The van der Waals surface area contributed by atoms with Gasteiger partial charge < -0.3 is 9.13 Å². The van der Waals surface area contributed by atoms with Gasteiger partial charge in [0.2, 0.25) is 0 Å². The van der Waals surface area contributed by atoms with Crippen LogP contribution in [0.3, 0.4) is 0 Å². The predicted octanol–water partition coefficient (Wildman–Crippen LogP) is 10.8. The molecule has 0 saturated carbocycles. The van der Waals surface area contributed by atoms with Gasteiger partial charge in [0.05, 0.1) is 62.7 Å². The van der Waals surface area contributed by atoms with Gasteiger partial charge in [-0.25, -0.2) is 0 Å². The highest BCUT2D eigenvalue weighted by Crippen LogP contribution is 2.42. The molecule has 0 N–H and O–H groups in total. The Labute approximate surface area is 287 Å². The Morgan fingerprint density at radius 2 is 1.04 bits per heavy atom. The van der Waals surface area contributed by atoms with Crippen molar-refractivity contribution >= 4 is 43.6 Å². The van der Waals surface area contributed by atoms with Crippen molar-refractivity contribution < 1.29 is 0 Å². The average Bonchev–Trinajstić information content (AvgIpc) is 3.70. The van der Waals surface area contributed by atoms with E-state index in [9.17, 15) is 15.8 Å². The van der Waals surface area contributed by atoms with E-state index in [1.165, 1.54) is 0 Å². The van der Waals surface area contributed by atoms with Gasteiger partial charge in [-0.15, -0.1) is 0 Å². The SMILES string of the molecule is N#Cc1ccc2c(c1)c1ccccc1n2-c1ccccc1-c1cccc(C#N)c1-c1ccc(-n2c3ccccc3c3c(C#N)cccc32)cc1. The molecule has 2 heterocycles. The molecule has 7 aromatic carbocycles. The van der Waals surface area contributed by atoms with Crippen LogP contribution in [0, 0.1) is 34.0 Å². The second kappa shape index (κ2) is 11.4. The maximum absolute atomic E-state index is 10.4. The number of hydrogen-bond acceptors (Lipinski definition) is 3. The van der Waals surface area contributed by atoms with Gasteiger partial charge in [-0.2, -0.15) is 15.8 Å². The lowest BCUT2D eigenvalue weighted by Crippen LogP contribution is -1.99. The molecule has 0 saturated heterocycles. The van der Waals surface area contributed by atoms with E-state index in [4.69, 9.17) is 0 Å². The van der Waals surface area contributed by atoms with Crippen LogP contribution in [-0.2, 0) is 0 Å². The van der Waals surface area contributed by atoms with Crippen molar-refractivity contribution in [2.45, 2.75) is 0 Å². The summed E-state index contributed by atoms with van der Waals surface area (Å²) in [5, 5.41) is 34.1. The molecule has 5 heteroatoms. The minimum atomic E-state index is 0.585. The van der Waals surface area contributed by atoms with Crippen LogP contribution >= 0.6 is 0 Å². The Hall–Kier alpha value is -7.39. The summed E-state index contributed by atoms with van der Waals surface area (Å²) in [7, 11) is 0. The van der Waals surface area contributed by atoms with Crippen LogP contribution in [0.25, 0.3) is 77.2 Å². The summed E-state index contributed by atoms with van der Waals surface area (Å²) in [5.74, 6) is 0. The summed E-state index contributed by atoms with van der Waals surface area (Å²) in [6.07, 6.45) is 0. The van der Waals surface area contributed by atoms with E-state index in [0.717, 1.165) is 77.2 Å². The molecule has 0 fully saturated rings. The predicted molar refractivity (Wildman–Crippen MR) is 200 cm³/mol. The molecule has 9 aromatic rings. The van der Waals surface area contributed by atoms with E-state index < -0.39 is 0 Å². The molecular weight excluding hydrogens is 611 g/mol. The van der Waals surface area contributed by atoms with Crippen LogP contribution in [0.5, 0.6) is 0 Å². The third-order valence-electron chi connectivity index (χ3n) is 9.65. The summed E-state index contributed by atoms with van der Waals surface area (Å²) in [4.78, 5) is 0. The van der Waals surface area contributed by atoms with E-state index in [0.29, 0.717) is 16.7 Å². The number of rotatable bonds is 4. The molecule has 5 nitrogen and oxygen atoms in total. The smallest absolute Gasteiger partial charge is 0.0998 e. The van der Waals surface area contributed by atoms with Gasteiger partial charge in [-0.1, -0.05) is 84.9 Å². The molecular formula is C45H25N5.